The molecule has 0 aliphatic carbocycles. The van der Waals surface area contributed by atoms with Crippen LogP contribution in [0.4, 0.5) is 34.1 Å². The highest BCUT2D eigenvalue weighted by molar-refractivity contribution is 5.83. The molecular weight excluding hydrogens is 749 g/mol. The predicted octanol–water partition coefficient (Wildman–Crippen LogP) is 16.9. The third-order valence-electron chi connectivity index (χ3n) is 11.5. The van der Waals surface area contributed by atoms with Crippen LogP contribution in [0.15, 0.2) is 194 Å². The molecule has 0 saturated carbocycles. The summed E-state index contributed by atoms with van der Waals surface area (Å²) in [5, 5.41) is 0. The molecule has 0 aliphatic heterocycles. The first-order chi connectivity index (χ1) is 30.5. The van der Waals surface area contributed by atoms with Crippen LogP contribution in [-0.4, -0.2) is 0 Å². The van der Waals surface area contributed by atoms with Gasteiger partial charge in [0.1, 0.15) is 0 Å². The minimum absolute atomic E-state index is 0.976. The van der Waals surface area contributed by atoms with Gasteiger partial charge in [-0.3, -0.25) is 0 Å². The molecule has 304 valence electrons. The monoisotopic (exact) mass is 802 g/mol. The minimum Gasteiger partial charge on any atom is -0.310 e. The number of hydrogen-bond acceptors (Lipinski definition) is 2. The third kappa shape index (κ3) is 9.78. The summed E-state index contributed by atoms with van der Waals surface area (Å²) < 4.78 is 0. The zero-order chi connectivity index (χ0) is 42.7. The lowest BCUT2D eigenvalue weighted by Crippen LogP contribution is -2.13. The Morgan fingerprint density at radius 3 is 0.823 bits per heavy atom. The zero-order valence-corrected chi connectivity index (χ0v) is 36.2. The van der Waals surface area contributed by atoms with Gasteiger partial charge in [-0.15, -0.1) is 0 Å². The maximum Gasteiger partial charge on any atom is 0.0522 e. The van der Waals surface area contributed by atoms with Crippen LogP contribution in [0.1, 0.15) is 69.5 Å². The van der Waals surface area contributed by atoms with E-state index >= 15 is 0 Å². The Kier molecular flexibility index (Phi) is 13.2. The van der Waals surface area contributed by atoms with E-state index in [-0.39, 0.29) is 0 Å². The fraction of sp³-hybridized carbons (Fsp3) is 0.100. The maximum absolute atomic E-state index is 2.38. The standard InChI is InChI=1S/C60H54N2/c1-5-53-17-13-15-45(3)59(53)61(55-19-9-7-10-20-55)57-41-37-51(38-42-57)35-33-49-29-25-47(26-30-49)23-24-48-27-31-50(32-28-48)34-36-52-39-43-58(44-40-52)62(56-21-11-8-12-22-56)60-46(4)16-14-18-54(60)6-2/h7-44H,5-6H2,1-4H3. The molecule has 62 heavy (non-hydrogen) atoms. The van der Waals surface area contributed by atoms with Crippen LogP contribution in [0.5, 0.6) is 0 Å². The van der Waals surface area contributed by atoms with Gasteiger partial charge in [-0.2, -0.15) is 0 Å². The fourth-order valence-corrected chi connectivity index (χ4v) is 8.10. The van der Waals surface area contributed by atoms with Gasteiger partial charge in [-0.05, 0) is 131 Å². The lowest BCUT2D eigenvalue weighted by atomic mass is 10.0. The summed E-state index contributed by atoms with van der Waals surface area (Å²) in [6, 6.07) is 69.6. The lowest BCUT2D eigenvalue weighted by molar-refractivity contribution is 1.10. The molecule has 2 heteroatoms. The van der Waals surface area contributed by atoms with E-state index in [4.69, 9.17) is 0 Å². The molecule has 0 aliphatic rings. The second-order valence-corrected chi connectivity index (χ2v) is 15.7. The SMILES string of the molecule is CCc1cccc(C)c1N(c1ccccc1)c1ccc(C=Cc2ccc(C=Cc3ccc(C=Cc4ccc(N(c5ccccc5)c5c(C)cccc5CC)cc4)cc3)cc2)cc1. The fourth-order valence-electron chi connectivity index (χ4n) is 8.10. The molecule has 0 heterocycles. The summed E-state index contributed by atoms with van der Waals surface area (Å²) in [6.07, 6.45) is 15.0. The van der Waals surface area contributed by atoms with Crippen molar-refractivity contribution < 1.29 is 0 Å². The van der Waals surface area contributed by atoms with Crippen LogP contribution in [0, 0.1) is 13.8 Å². The van der Waals surface area contributed by atoms with Crippen molar-refractivity contribution in [2.75, 3.05) is 9.80 Å². The Hall–Kier alpha value is -7.42. The molecule has 0 amide bonds. The number of hydrogen-bond donors (Lipinski definition) is 0. The maximum atomic E-state index is 2.38. The van der Waals surface area contributed by atoms with Crippen molar-refractivity contribution >= 4 is 70.6 Å². The van der Waals surface area contributed by atoms with Gasteiger partial charge in [0, 0.05) is 22.7 Å². The van der Waals surface area contributed by atoms with Crippen LogP contribution >= 0.6 is 0 Å². The van der Waals surface area contributed by atoms with Crippen molar-refractivity contribution in [2.24, 2.45) is 0 Å². The van der Waals surface area contributed by atoms with E-state index < -0.39 is 0 Å². The van der Waals surface area contributed by atoms with Crippen LogP contribution in [0.3, 0.4) is 0 Å². The van der Waals surface area contributed by atoms with Crippen molar-refractivity contribution in [1.29, 1.82) is 0 Å². The molecule has 0 bridgehead atoms. The Bertz CT molecular complexity index is 2580. The van der Waals surface area contributed by atoms with E-state index in [0.717, 1.165) is 46.7 Å². The highest BCUT2D eigenvalue weighted by Gasteiger charge is 2.19. The number of rotatable bonds is 14. The number of benzene rings is 8. The van der Waals surface area contributed by atoms with E-state index in [0.29, 0.717) is 0 Å². The van der Waals surface area contributed by atoms with Crippen LogP contribution in [-0.2, 0) is 12.8 Å². The van der Waals surface area contributed by atoms with Crippen LogP contribution < -0.4 is 9.80 Å². The number of para-hydroxylation sites is 4. The number of anilines is 6. The van der Waals surface area contributed by atoms with Crippen molar-refractivity contribution in [3.63, 3.8) is 0 Å². The average Bonchev–Trinajstić information content (AvgIpc) is 3.33. The summed E-state index contributed by atoms with van der Waals surface area (Å²) in [5.74, 6) is 0. The summed E-state index contributed by atoms with van der Waals surface area (Å²) >= 11 is 0. The van der Waals surface area contributed by atoms with E-state index in [1.165, 1.54) is 55.9 Å². The van der Waals surface area contributed by atoms with E-state index in [1.807, 2.05) is 0 Å². The third-order valence-corrected chi connectivity index (χ3v) is 11.5. The van der Waals surface area contributed by atoms with E-state index in [2.05, 4.69) is 268 Å². The molecule has 8 rings (SSSR count). The first-order valence-corrected chi connectivity index (χ1v) is 21.8. The van der Waals surface area contributed by atoms with E-state index in [9.17, 15) is 0 Å². The predicted molar refractivity (Wildman–Crippen MR) is 270 cm³/mol. The van der Waals surface area contributed by atoms with Crippen LogP contribution in [0.25, 0.3) is 36.5 Å². The highest BCUT2D eigenvalue weighted by Crippen LogP contribution is 2.40. The summed E-state index contributed by atoms with van der Waals surface area (Å²) in [6.45, 7) is 8.86. The normalized spacial score (nSPS) is 11.5. The Morgan fingerprint density at radius 1 is 0.290 bits per heavy atom. The number of aryl methyl sites for hydroxylation is 4. The topological polar surface area (TPSA) is 6.48 Å². The molecular formula is C60H54N2. The molecule has 0 fully saturated rings. The quantitative estimate of drug-likeness (QED) is 0.101. The van der Waals surface area contributed by atoms with Gasteiger partial charge >= 0.3 is 0 Å². The van der Waals surface area contributed by atoms with Gasteiger partial charge in [-0.25, -0.2) is 0 Å². The van der Waals surface area contributed by atoms with Crippen molar-refractivity contribution in [3.05, 3.63) is 250 Å². The van der Waals surface area contributed by atoms with Gasteiger partial charge in [0.15, 0.2) is 0 Å². The van der Waals surface area contributed by atoms with Gasteiger partial charge in [0.05, 0.1) is 11.4 Å². The molecule has 0 unspecified atom stereocenters. The second-order valence-electron chi connectivity index (χ2n) is 15.7. The van der Waals surface area contributed by atoms with E-state index in [1.54, 1.807) is 0 Å². The molecule has 8 aromatic carbocycles. The number of nitrogens with zero attached hydrogens (tertiary/aromatic N) is 2. The molecule has 0 aromatic heterocycles. The Balaban J connectivity index is 0.892. The van der Waals surface area contributed by atoms with Gasteiger partial charge in [-0.1, -0.05) is 196 Å². The summed E-state index contributed by atoms with van der Waals surface area (Å²) in [5.41, 5.74) is 19.4. The molecule has 0 N–H and O–H groups in total. The molecule has 2 nitrogen and oxygen atoms in total. The second kappa shape index (κ2) is 19.8. The Morgan fingerprint density at radius 2 is 0.548 bits per heavy atom. The zero-order valence-electron chi connectivity index (χ0n) is 36.2. The Labute approximate surface area is 369 Å². The first-order valence-electron chi connectivity index (χ1n) is 21.8. The molecule has 0 radical (unpaired) electrons. The van der Waals surface area contributed by atoms with Crippen molar-refractivity contribution in [3.8, 4) is 0 Å². The van der Waals surface area contributed by atoms with Crippen LogP contribution in [0.2, 0.25) is 0 Å². The van der Waals surface area contributed by atoms with Crippen molar-refractivity contribution in [1.82, 2.24) is 0 Å². The van der Waals surface area contributed by atoms with Crippen molar-refractivity contribution in [2.45, 2.75) is 40.5 Å². The largest absolute Gasteiger partial charge is 0.310 e. The molecule has 8 aromatic rings. The molecule has 0 spiro atoms. The molecule has 0 atom stereocenters. The summed E-state index contributed by atoms with van der Waals surface area (Å²) in [7, 11) is 0. The molecule has 0 saturated heterocycles. The average molecular weight is 803 g/mol. The highest BCUT2D eigenvalue weighted by atomic mass is 15.2. The van der Waals surface area contributed by atoms with Gasteiger partial charge in [0.25, 0.3) is 0 Å². The lowest BCUT2D eigenvalue weighted by Gasteiger charge is -2.29. The minimum atomic E-state index is 0.976. The van der Waals surface area contributed by atoms with Gasteiger partial charge < -0.3 is 9.80 Å². The smallest absolute Gasteiger partial charge is 0.0522 e. The first kappa shape index (κ1) is 41.3. The van der Waals surface area contributed by atoms with Gasteiger partial charge in [0.2, 0.25) is 0 Å². The summed E-state index contributed by atoms with van der Waals surface area (Å²) in [4.78, 5) is 4.77.